The molecule has 1 aromatic heterocycles. The van der Waals surface area contributed by atoms with Crippen molar-refractivity contribution in [2.75, 3.05) is 6.54 Å². The molecule has 0 aliphatic rings. The summed E-state index contributed by atoms with van der Waals surface area (Å²) in [5, 5.41) is 1.33. The Kier molecular flexibility index (Phi) is 4.84. The van der Waals surface area contributed by atoms with Crippen molar-refractivity contribution in [2.24, 2.45) is 16.5 Å². The molecule has 5 N–H and O–H groups in total. The Hall–Kier alpha value is -1.90. The zero-order valence-corrected chi connectivity index (χ0v) is 13.4. The second-order valence-corrected chi connectivity index (χ2v) is 6.78. The maximum Gasteiger partial charge on any atom is 0.241 e. The monoisotopic (exact) mass is 341 g/mol. The number of aromatic nitrogens is 1. The van der Waals surface area contributed by atoms with E-state index in [0.29, 0.717) is 10.8 Å². The molecule has 1 unspecified atom stereocenters. The van der Waals surface area contributed by atoms with Crippen molar-refractivity contribution < 1.29 is 8.42 Å². The zero-order chi connectivity index (χ0) is 16.3. The van der Waals surface area contributed by atoms with Gasteiger partial charge < -0.3 is 11.5 Å². The highest BCUT2D eigenvalue weighted by atomic mass is 35.5. The molecule has 0 aliphatic heterocycles. The molecule has 2 aromatic rings. The van der Waals surface area contributed by atoms with Crippen molar-refractivity contribution in [3.63, 3.8) is 0 Å². The van der Waals surface area contributed by atoms with Crippen LogP contribution < -0.4 is 16.2 Å². The van der Waals surface area contributed by atoms with Gasteiger partial charge >= 0.3 is 0 Å². The maximum atomic E-state index is 12.5. The van der Waals surface area contributed by atoms with Crippen molar-refractivity contribution >= 4 is 38.4 Å². The Morgan fingerprint density at radius 1 is 1.36 bits per heavy atom. The summed E-state index contributed by atoms with van der Waals surface area (Å²) in [4.78, 5) is 7.87. The van der Waals surface area contributed by atoms with Gasteiger partial charge in [0.05, 0.1) is 11.4 Å². The van der Waals surface area contributed by atoms with Gasteiger partial charge in [-0.05, 0) is 19.1 Å². The Labute approximate surface area is 133 Å². The van der Waals surface area contributed by atoms with E-state index in [0.717, 1.165) is 0 Å². The number of guanidine groups is 1. The summed E-state index contributed by atoms with van der Waals surface area (Å²) in [6, 6.07) is 5.99. The predicted octanol–water partition coefficient (Wildman–Crippen LogP) is 0.828. The average Bonchev–Trinajstić information content (AvgIpc) is 2.44. The first-order valence-corrected chi connectivity index (χ1v) is 8.28. The van der Waals surface area contributed by atoms with Gasteiger partial charge in [-0.2, -0.15) is 0 Å². The number of halogens is 1. The van der Waals surface area contributed by atoms with E-state index in [4.69, 9.17) is 23.1 Å². The summed E-state index contributed by atoms with van der Waals surface area (Å²) in [5.74, 6) is -0.0888. The largest absolute Gasteiger partial charge is 0.370 e. The third-order valence-electron chi connectivity index (χ3n) is 2.91. The summed E-state index contributed by atoms with van der Waals surface area (Å²) in [7, 11) is -3.74. The SMILES string of the molecule is CC(CN=C(N)N)NS(=O)(=O)c1cccc2c(Cl)nccc12. The van der Waals surface area contributed by atoms with Crippen molar-refractivity contribution in [1.29, 1.82) is 0 Å². The fourth-order valence-electron chi connectivity index (χ4n) is 1.98. The van der Waals surface area contributed by atoms with Crippen molar-refractivity contribution in [2.45, 2.75) is 17.9 Å². The van der Waals surface area contributed by atoms with Crippen molar-refractivity contribution in [3.8, 4) is 0 Å². The molecule has 1 atom stereocenters. The number of benzene rings is 1. The summed E-state index contributed by atoms with van der Waals surface area (Å²) < 4.78 is 27.6. The standard InChI is InChI=1S/C13H16ClN5O2S/c1-8(7-18-13(15)16)19-22(20,21)11-4-2-3-10-9(11)5-6-17-12(10)14/h2-6,8,19H,7H2,1H3,(H4,15,16,18). The fourth-order valence-corrected chi connectivity index (χ4v) is 3.66. The Morgan fingerprint density at radius 2 is 2.09 bits per heavy atom. The summed E-state index contributed by atoms with van der Waals surface area (Å²) in [5.41, 5.74) is 10.5. The highest BCUT2D eigenvalue weighted by molar-refractivity contribution is 7.89. The molecule has 1 heterocycles. The van der Waals surface area contributed by atoms with Crippen molar-refractivity contribution in [1.82, 2.24) is 9.71 Å². The van der Waals surface area contributed by atoms with Gasteiger partial charge in [-0.15, -0.1) is 0 Å². The highest BCUT2D eigenvalue weighted by Crippen LogP contribution is 2.26. The van der Waals surface area contributed by atoms with Gasteiger partial charge in [0.15, 0.2) is 5.96 Å². The number of nitrogens with one attached hydrogen (secondary N) is 1. The molecule has 0 fully saturated rings. The first-order chi connectivity index (χ1) is 10.3. The minimum absolute atomic E-state index is 0.0888. The zero-order valence-electron chi connectivity index (χ0n) is 11.8. The van der Waals surface area contributed by atoms with Crippen LogP contribution in [0.5, 0.6) is 0 Å². The lowest BCUT2D eigenvalue weighted by atomic mass is 10.2. The van der Waals surface area contributed by atoms with E-state index >= 15 is 0 Å². The molecule has 7 nitrogen and oxygen atoms in total. The smallest absolute Gasteiger partial charge is 0.241 e. The molecule has 9 heteroatoms. The second-order valence-electron chi connectivity index (χ2n) is 4.74. The quantitative estimate of drug-likeness (QED) is 0.422. The molecule has 0 saturated heterocycles. The van der Waals surface area contributed by atoms with Crippen molar-refractivity contribution in [3.05, 3.63) is 35.6 Å². The molecular formula is C13H16ClN5O2S. The number of sulfonamides is 1. The molecule has 22 heavy (non-hydrogen) atoms. The molecule has 0 spiro atoms. The lowest BCUT2D eigenvalue weighted by Crippen LogP contribution is -2.36. The number of aliphatic imine (C=N–C) groups is 1. The molecule has 0 bridgehead atoms. The van der Waals surface area contributed by atoms with Gasteiger partial charge in [0.25, 0.3) is 0 Å². The van der Waals surface area contributed by atoms with Gasteiger partial charge in [0, 0.05) is 23.0 Å². The topological polar surface area (TPSA) is 123 Å². The third kappa shape index (κ3) is 3.65. The fraction of sp³-hybridized carbons (Fsp3) is 0.231. The number of fused-ring (bicyclic) bond motifs is 1. The molecule has 0 radical (unpaired) electrons. The normalized spacial score (nSPS) is 13.0. The molecule has 0 aliphatic carbocycles. The molecule has 0 saturated carbocycles. The predicted molar refractivity (Wildman–Crippen MR) is 87.2 cm³/mol. The van der Waals surface area contributed by atoms with E-state index < -0.39 is 16.1 Å². The Morgan fingerprint density at radius 3 is 2.77 bits per heavy atom. The van der Waals surface area contributed by atoms with Gasteiger partial charge in [0.1, 0.15) is 5.15 Å². The number of nitrogens with two attached hydrogens (primary N) is 2. The van der Waals surface area contributed by atoms with Crippen LogP contribution in [0, 0.1) is 0 Å². The second kappa shape index (κ2) is 6.47. The summed E-state index contributed by atoms with van der Waals surface area (Å²) >= 11 is 6.00. The van der Waals surface area contributed by atoms with Crippen LogP contribution in [0.25, 0.3) is 10.8 Å². The summed E-state index contributed by atoms with van der Waals surface area (Å²) in [6.45, 7) is 1.82. The Balaban J connectivity index is 2.38. The van der Waals surface area contributed by atoms with Gasteiger partial charge in [-0.25, -0.2) is 18.1 Å². The van der Waals surface area contributed by atoms with Crippen LogP contribution in [0.3, 0.4) is 0 Å². The lowest BCUT2D eigenvalue weighted by Gasteiger charge is -2.14. The van der Waals surface area contributed by atoms with Gasteiger partial charge in [-0.3, -0.25) is 4.99 Å². The number of hydrogen-bond acceptors (Lipinski definition) is 4. The van der Waals surface area contributed by atoms with E-state index in [1.165, 1.54) is 12.3 Å². The first kappa shape index (κ1) is 16.5. The average molecular weight is 342 g/mol. The van der Waals surface area contributed by atoms with Gasteiger partial charge in [-0.1, -0.05) is 23.7 Å². The van der Waals surface area contributed by atoms with Crippen LogP contribution in [0.2, 0.25) is 5.15 Å². The van der Waals surface area contributed by atoms with Crippen LogP contribution in [-0.4, -0.2) is 31.9 Å². The van der Waals surface area contributed by atoms with Crippen LogP contribution in [0.4, 0.5) is 0 Å². The van der Waals surface area contributed by atoms with Gasteiger partial charge in [0.2, 0.25) is 10.0 Å². The van der Waals surface area contributed by atoms with E-state index in [1.807, 2.05) is 0 Å². The van der Waals surface area contributed by atoms with E-state index in [1.54, 1.807) is 25.1 Å². The van der Waals surface area contributed by atoms with Crippen LogP contribution in [0.15, 0.2) is 40.4 Å². The molecule has 118 valence electrons. The number of nitrogens with zero attached hydrogens (tertiary/aromatic N) is 2. The lowest BCUT2D eigenvalue weighted by molar-refractivity contribution is 0.563. The van der Waals surface area contributed by atoms with Crippen LogP contribution >= 0.6 is 11.6 Å². The van der Waals surface area contributed by atoms with Crippen LogP contribution in [0.1, 0.15) is 6.92 Å². The maximum absolute atomic E-state index is 12.5. The molecule has 2 rings (SSSR count). The first-order valence-electron chi connectivity index (χ1n) is 6.42. The van der Waals surface area contributed by atoms with Crippen LogP contribution in [-0.2, 0) is 10.0 Å². The minimum Gasteiger partial charge on any atom is -0.370 e. The minimum atomic E-state index is -3.74. The molecule has 1 aromatic carbocycles. The molecule has 0 amide bonds. The number of rotatable bonds is 5. The highest BCUT2D eigenvalue weighted by Gasteiger charge is 2.20. The molecular weight excluding hydrogens is 326 g/mol. The summed E-state index contributed by atoms with van der Waals surface area (Å²) in [6.07, 6.45) is 1.46. The van der Waals surface area contributed by atoms with E-state index in [-0.39, 0.29) is 22.6 Å². The number of pyridine rings is 1. The Bertz CT molecular complexity index is 818. The number of hydrogen-bond donors (Lipinski definition) is 3. The third-order valence-corrected chi connectivity index (χ3v) is 4.86. The van der Waals surface area contributed by atoms with E-state index in [2.05, 4.69) is 14.7 Å². The van der Waals surface area contributed by atoms with E-state index in [9.17, 15) is 8.42 Å².